The second kappa shape index (κ2) is 11.1. The van der Waals surface area contributed by atoms with Crippen molar-refractivity contribution in [2.45, 2.75) is 57.0 Å². The molecule has 0 radical (unpaired) electrons. The largest absolute Gasteiger partial charge is 0.361 e. The van der Waals surface area contributed by atoms with Crippen LogP contribution < -0.4 is 10.6 Å². The zero-order valence-electron chi connectivity index (χ0n) is 20.3. The number of benzene rings is 2. The van der Waals surface area contributed by atoms with Gasteiger partial charge in [-0.3, -0.25) is 9.59 Å². The fourth-order valence-electron chi connectivity index (χ4n) is 5.66. The van der Waals surface area contributed by atoms with E-state index in [1.165, 1.54) is 32.1 Å². The van der Waals surface area contributed by atoms with Crippen molar-refractivity contribution in [2.75, 3.05) is 19.6 Å². The summed E-state index contributed by atoms with van der Waals surface area (Å²) in [4.78, 5) is 32.2. The van der Waals surface area contributed by atoms with Crippen LogP contribution in [0.5, 0.6) is 0 Å². The Morgan fingerprint density at radius 1 is 0.943 bits per heavy atom. The average molecular weight is 473 g/mol. The molecule has 3 N–H and O–H groups in total. The number of nitrogens with zero attached hydrogens (tertiary/aromatic N) is 1. The second-order valence-corrected chi connectivity index (χ2v) is 10.1. The molecule has 35 heavy (non-hydrogen) atoms. The number of carbonyl (C=O) groups is 2. The summed E-state index contributed by atoms with van der Waals surface area (Å²) in [5, 5.41) is 7.17. The second-order valence-electron chi connectivity index (χ2n) is 10.1. The normalized spacial score (nSPS) is 18.9. The lowest BCUT2D eigenvalue weighted by Gasteiger charge is -2.39. The number of fused-ring (bicyclic) bond motifs is 1. The van der Waals surface area contributed by atoms with Crippen LogP contribution >= 0.6 is 0 Å². The van der Waals surface area contributed by atoms with Gasteiger partial charge in [0.05, 0.1) is 0 Å². The Hall–Kier alpha value is -3.12. The van der Waals surface area contributed by atoms with Gasteiger partial charge in [-0.05, 0) is 73.8 Å². The highest BCUT2D eigenvalue weighted by Crippen LogP contribution is 2.27. The van der Waals surface area contributed by atoms with Crippen molar-refractivity contribution in [3.05, 3.63) is 71.9 Å². The van der Waals surface area contributed by atoms with Crippen LogP contribution in [0, 0.1) is 5.92 Å². The van der Waals surface area contributed by atoms with Crippen molar-refractivity contribution in [3.8, 4) is 0 Å². The van der Waals surface area contributed by atoms with Gasteiger partial charge < -0.3 is 20.5 Å². The Balaban J connectivity index is 1.19. The quantitative estimate of drug-likeness (QED) is 0.462. The third-order valence-corrected chi connectivity index (χ3v) is 7.79. The van der Waals surface area contributed by atoms with Crippen LogP contribution in [-0.4, -0.2) is 47.4 Å². The molecule has 2 amide bonds. The van der Waals surface area contributed by atoms with Gasteiger partial charge in [0.2, 0.25) is 5.91 Å². The van der Waals surface area contributed by atoms with Gasteiger partial charge in [-0.15, -0.1) is 0 Å². The molecule has 2 heterocycles. The Labute approximate surface area is 207 Å². The number of likely N-dealkylation sites (tertiary alicyclic amines) is 1. The van der Waals surface area contributed by atoms with E-state index in [4.69, 9.17) is 0 Å². The molecule has 6 nitrogen and oxygen atoms in total. The van der Waals surface area contributed by atoms with E-state index in [0.717, 1.165) is 48.4 Å². The maximum Gasteiger partial charge on any atom is 0.252 e. The maximum absolute atomic E-state index is 13.3. The molecule has 0 spiro atoms. The van der Waals surface area contributed by atoms with Crippen LogP contribution in [0.4, 0.5) is 0 Å². The van der Waals surface area contributed by atoms with Gasteiger partial charge in [-0.1, -0.05) is 55.7 Å². The van der Waals surface area contributed by atoms with Gasteiger partial charge in [0.15, 0.2) is 0 Å². The van der Waals surface area contributed by atoms with Crippen molar-refractivity contribution in [1.29, 1.82) is 0 Å². The molecule has 2 fully saturated rings. The van der Waals surface area contributed by atoms with Crippen LogP contribution in [0.3, 0.4) is 0 Å². The molecule has 1 aliphatic heterocycles. The lowest BCUT2D eigenvalue weighted by molar-refractivity contribution is -0.123. The number of H-pyrrole nitrogens is 1. The minimum absolute atomic E-state index is 0.153. The molecule has 1 atom stereocenters. The van der Waals surface area contributed by atoms with Crippen molar-refractivity contribution in [3.63, 3.8) is 0 Å². The minimum atomic E-state index is -0.731. The smallest absolute Gasteiger partial charge is 0.252 e. The summed E-state index contributed by atoms with van der Waals surface area (Å²) in [5.74, 6) is 0.0766. The first-order valence-electron chi connectivity index (χ1n) is 13.1. The van der Waals surface area contributed by atoms with Crippen molar-refractivity contribution >= 4 is 22.7 Å². The minimum Gasteiger partial charge on any atom is -0.361 e. The lowest BCUT2D eigenvalue weighted by atomic mass is 9.90. The summed E-state index contributed by atoms with van der Waals surface area (Å²) in [6, 6.07) is 17.0. The highest BCUT2D eigenvalue weighted by Gasteiger charge is 2.28. The van der Waals surface area contributed by atoms with Gasteiger partial charge in [0.1, 0.15) is 6.04 Å². The molecule has 2 aromatic carbocycles. The number of hydrogen-bond donors (Lipinski definition) is 3. The molecular weight excluding hydrogens is 436 g/mol. The third kappa shape index (κ3) is 5.76. The first-order chi connectivity index (χ1) is 17.2. The number of nitrogens with one attached hydrogen (secondary N) is 3. The summed E-state index contributed by atoms with van der Waals surface area (Å²) in [5.41, 5.74) is 2.22. The molecule has 3 aromatic rings. The van der Waals surface area contributed by atoms with E-state index in [1.807, 2.05) is 54.7 Å². The van der Waals surface area contributed by atoms with Gasteiger partial charge in [-0.25, -0.2) is 0 Å². The molecule has 2 aliphatic rings. The van der Waals surface area contributed by atoms with Crippen molar-refractivity contribution in [2.24, 2.45) is 5.92 Å². The van der Waals surface area contributed by atoms with Crippen LogP contribution in [0.2, 0.25) is 0 Å². The summed E-state index contributed by atoms with van der Waals surface area (Å²) in [7, 11) is 0. The number of piperidine rings is 1. The molecule has 5 rings (SSSR count). The fraction of sp³-hybridized carbons (Fsp3) is 0.448. The first kappa shape index (κ1) is 23.6. The van der Waals surface area contributed by atoms with Gasteiger partial charge in [-0.2, -0.15) is 0 Å². The number of amides is 2. The van der Waals surface area contributed by atoms with Crippen molar-refractivity contribution in [1.82, 2.24) is 20.5 Å². The Morgan fingerprint density at radius 2 is 1.71 bits per heavy atom. The number of carbonyl (C=O) groups excluding carboxylic acids is 2. The maximum atomic E-state index is 13.3. The molecule has 1 aromatic heterocycles. The van der Waals surface area contributed by atoms with E-state index in [1.54, 1.807) is 6.07 Å². The van der Waals surface area contributed by atoms with Gasteiger partial charge in [0.25, 0.3) is 5.91 Å². The molecule has 6 heteroatoms. The molecule has 0 unspecified atom stereocenters. The average Bonchev–Trinajstić information content (AvgIpc) is 3.40. The van der Waals surface area contributed by atoms with E-state index in [0.29, 0.717) is 18.0 Å². The Morgan fingerprint density at radius 3 is 2.49 bits per heavy atom. The van der Waals surface area contributed by atoms with E-state index in [-0.39, 0.29) is 11.8 Å². The van der Waals surface area contributed by atoms with Crippen LogP contribution in [0.1, 0.15) is 66.9 Å². The number of aromatic amines is 1. The van der Waals surface area contributed by atoms with Crippen molar-refractivity contribution < 1.29 is 9.59 Å². The molecule has 0 bridgehead atoms. The predicted molar refractivity (Wildman–Crippen MR) is 139 cm³/mol. The number of hydrogen-bond acceptors (Lipinski definition) is 3. The summed E-state index contributed by atoms with van der Waals surface area (Å²) in [6.07, 6.45) is 10.9. The highest BCUT2D eigenvalue weighted by molar-refractivity contribution is 6.00. The summed E-state index contributed by atoms with van der Waals surface area (Å²) in [6.45, 7) is 2.92. The lowest BCUT2D eigenvalue weighted by Crippen LogP contribution is -2.46. The summed E-state index contributed by atoms with van der Waals surface area (Å²) >= 11 is 0. The van der Waals surface area contributed by atoms with E-state index >= 15 is 0 Å². The number of aromatic nitrogens is 1. The monoisotopic (exact) mass is 472 g/mol. The van der Waals surface area contributed by atoms with Crippen LogP contribution in [-0.2, 0) is 4.79 Å². The molecule has 184 valence electrons. The van der Waals surface area contributed by atoms with E-state index in [9.17, 15) is 9.59 Å². The SMILES string of the molecule is O=C(N[C@@H](C(=O)NCC1CCN(C2CCCCC2)CC1)c1ccccc1)c1ccc2cc[nH]c2c1. The molecule has 1 aliphatic carbocycles. The first-order valence-corrected chi connectivity index (χ1v) is 13.1. The third-order valence-electron chi connectivity index (χ3n) is 7.79. The van der Waals surface area contributed by atoms with E-state index in [2.05, 4.69) is 20.5 Å². The van der Waals surface area contributed by atoms with Crippen LogP contribution in [0.25, 0.3) is 10.9 Å². The summed E-state index contributed by atoms with van der Waals surface area (Å²) < 4.78 is 0. The molecule has 1 saturated heterocycles. The molecule has 1 saturated carbocycles. The van der Waals surface area contributed by atoms with Gasteiger partial charge >= 0.3 is 0 Å². The Bertz CT molecular complexity index is 1130. The van der Waals surface area contributed by atoms with E-state index < -0.39 is 6.04 Å². The molecular formula is C29H36N4O2. The fourth-order valence-corrected chi connectivity index (χ4v) is 5.66. The Kier molecular flexibility index (Phi) is 7.48. The predicted octanol–water partition coefficient (Wildman–Crippen LogP) is 4.80. The number of rotatable bonds is 7. The highest BCUT2D eigenvalue weighted by atomic mass is 16.2. The standard InChI is InChI=1S/C29H36N4O2/c34-28(24-12-11-22-13-16-30-26(22)19-24)32-27(23-7-3-1-4-8-23)29(35)31-20-21-14-17-33(18-15-21)25-9-5-2-6-10-25/h1,3-4,7-8,11-13,16,19,21,25,27,30H,2,5-6,9-10,14-15,17-18,20H2,(H,31,35)(H,32,34)/t27-/m1/s1. The van der Waals surface area contributed by atoms with Gasteiger partial charge in [0, 0.05) is 29.9 Å². The zero-order chi connectivity index (χ0) is 24.0. The zero-order valence-corrected chi connectivity index (χ0v) is 20.3. The topological polar surface area (TPSA) is 77.2 Å². The van der Waals surface area contributed by atoms with Crippen LogP contribution in [0.15, 0.2) is 60.8 Å².